The second-order valence-corrected chi connectivity index (χ2v) is 9.28. The Kier molecular flexibility index (Phi) is 7.77. The zero-order valence-electron chi connectivity index (χ0n) is 19.7. The molecule has 2 fully saturated rings. The van der Waals surface area contributed by atoms with Crippen molar-refractivity contribution in [3.63, 3.8) is 0 Å². The van der Waals surface area contributed by atoms with E-state index in [1.165, 1.54) is 12.1 Å². The van der Waals surface area contributed by atoms with Crippen molar-refractivity contribution in [3.05, 3.63) is 71.0 Å². The van der Waals surface area contributed by atoms with Gasteiger partial charge in [-0.1, -0.05) is 24.3 Å². The molecule has 2 aromatic rings. The number of halogens is 1. The van der Waals surface area contributed by atoms with Crippen molar-refractivity contribution < 1.29 is 23.9 Å². The van der Waals surface area contributed by atoms with E-state index in [2.05, 4.69) is 20.4 Å². The number of carboxylic acid groups (broad SMARTS) is 1. The van der Waals surface area contributed by atoms with Crippen molar-refractivity contribution in [3.8, 4) is 0 Å². The largest absolute Gasteiger partial charge is 0.478 e. The van der Waals surface area contributed by atoms with E-state index in [9.17, 15) is 18.8 Å². The van der Waals surface area contributed by atoms with E-state index in [0.29, 0.717) is 32.5 Å². The topological polar surface area (TPSA) is 102 Å². The number of carboxylic acids is 1. The van der Waals surface area contributed by atoms with Gasteiger partial charge in [0.2, 0.25) is 11.8 Å². The first-order valence-corrected chi connectivity index (χ1v) is 11.9. The van der Waals surface area contributed by atoms with Crippen LogP contribution in [0.3, 0.4) is 0 Å². The lowest BCUT2D eigenvalue weighted by Gasteiger charge is -2.33. The summed E-state index contributed by atoms with van der Waals surface area (Å²) in [5.74, 6) is -1.35. The number of carbonyl (C=O) groups is 3. The van der Waals surface area contributed by atoms with Gasteiger partial charge in [0.25, 0.3) is 0 Å². The fourth-order valence-electron chi connectivity index (χ4n) is 5.00. The Balaban J connectivity index is 1.32. The van der Waals surface area contributed by atoms with Crippen LogP contribution in [0.25, 0.3) is 0 Å². The van der Waals surface area contributed by atoms with E-state index >= 15 is 0 Å². The van der Waals surface area contributed by atoms with Crippen LogP contribution in [0, 0.1) is 5.82 Å². The molecule has 8 nitrogen and oxygen atoms in total. The van der Waals surface area contributed by atoms with Gasteiger partial charge in [-0.15, -0.1) is 0 Å². The molecule has 9 heteroatoms. The maximum atomic E-state index is 13.0. The van der Waals surface area contributed by atoms with Gasteiger partial charge in [0.05, 0.1) is 5.56 Å². The van der Waals surface area contributed by atoms with Crippen LogP contribution in [0.1, 0.15) is 40.7 Å². The molecule has 0 spiro atoms. The highest BCUT2D eigenvalue weighted by atomic mass is 19.1. The van der Waals surface area contributed by atoms with E-state index in [4.69, 9.17) is 5.11 Å². The summed E-state index contributed by atoms with van der Waals surface area (Å²) in [6.07, 6.45) is 1.80. The van der Waals surface area contributed by atoms with E-state index in [1.54, 1.807) is 36.4 Å². The van der Waals surface area contributed by atoms with Crippen LogP contribution in [0.15, 0.2) is 48.5 Å². The molecule has 3 atom stereocenters. The van der Waals surface area contributed by atoms with Gasteiger partial charge in [-0.05, 0) is 55.3 Å². The van der Waals surface area contributed by atoms with Gasteiger partial charge in [-0.3, -0.25) is 19.4 Å². The van der Waals surface area contributed by atoms with Crippen molar-refractivity contribution in [1.82, 2.24) is 20.4 Å². The van der Waals surface area contributed by atoms with Crippen molar-refractivity contribution in [1.29, 1.82) is 0 Å². The van der Waals surface area contributed by atoms with Crippen LogP contribution >= 0.6 is 0 Å². The molecule has 3 unspecified atom stereocenters. The average Bonchev–Trinajstić information content (AvgIpc) is 3.22. The van der Waals surface area contributed by atoms with Crippen LogP contribution in [0.5, 0.6) is 0 Å². The number of amides is 2. The number of nitrogens with zero attached hydrogens (tertiary/aromatic N) is 2. The maximum Gasteiger partial charge on any atom is 0.335 e. The fraction of sp³-hybridized carbons (Fsp3) is 0.423. The third-order valence-electron chi connectivity index (χ3n) is 7.04. The molecule has 0 bridgehead atoms. The first-order chi connectivity index (χ1) is 16.8. The van der Waals surface area contributed by atoms with Crippen LogP contribution < -0.4 is 10.6 Å². The smallest absolute Gasteiger partial charge is 0.335 e. The van der Waals surface area contributed by atoms with Crippen molar-refractivity contribution in [2.45, 2.75) is 50.5 Å². The summed E-state index contributed by atoms with van der Waals surface area (Å²) in [6, 6.07) is 12.6. The predicted molar refractivity (Wildman–Crippen MR) is 128 cm³/mol. The highest BCUT2D eigenvalue weighted by Gasteiger charge is 2.44. The van der Waals surface area contributed by atoms with Gasteiger partial charge < -0.3 is 15.7 Å². The molecule has 2 amide bonds. The number of hydrogen-bond acceptors (Lipinski definition) is 5. The molecule has 2 heterocycles. The third-order valence-corrected chi connectivity index (χ3v) is 7.04. The molecule has 2 aliphatic rings. The molecule has 3 N–H and O–H groups in total. The Morgan fingerprint density at radius 2 is 1.80 bits per heavy atom. The van der Waals surface area contributed by atoms with Crippen LogP contribution in [-0.4, -0.2) is 71.0 Å². The lowest BCUT2D eigenvalue weighted by molar-refractivity contribution is -0.126. The molecule has 0 aliphatic carbocycles. The average molecular weight is 483 g/mol. The molecule has 4 rings (SSSR count). The van der Waals surface area contributed by atoms with Crippen molar-refractivity contribution >= 4 is 17.8 Å². The zero-order chi connectivity index (χ0) is 24.9. The van der Waals surface area contributed by atoms with E-state index in [1.807, 2.05) is 7.05 Å². The highest BCUT2D eigenvalue weighted by Crippen LogP contribution is 2.28. The molecule has 2 aromatic carbocycles. The summed E-state index contributed by atoms with van der Waals surface area (Å²) in [5, 5.41) is 15.0. The summed E-state index contributed by atoms with van der Waals surface area (Å²) in [5.41, 5.74) is 2.04. The van der Waals surface area contributed by atoms with Gasteiger partial charge in [-0.2, -0.15) is 0 Å². The summed E-state index contributed by atoms with van der Waals surface area (Å²) in [6.45, 7) is 2.16. The van der Waals surface area contributed by atoms with Gasteiger partial charge in [0.1, 0.15) is 11.9 Å². The molecule has 186 valence electrons. The number of likely N-dealkylation sites (N-methyl/N-ethyl adjacent to an activating group) is 1. The minimum atomic E-state index is -0.960. The van der Waals surface area contributed by atoms with Gasteiger partial charge >= 0.3 is 5.97 Å². The lowest BCUT2D eigenvalue weighted by Crippen LogP contribution is -2.49. The third kappa shape index (κ3) is 6.04. The van der Waals surface area contributed by atoms with Gasteiger partial charge in [0.15, 0.2) is 0 Å². The Morgan fingerprint density at radius 3 is 2.49 bits per heavy atom. The number of likely N-dealkylation sites (tertiary alicyclic amines) is 1. The number of benzene rings is 2. The van der Waals surface area contributed by atoms with Crippen molar-refractivity contribution in [2.75, 3.05) is 20.1 Å². The summed E-state index contributed by atoms with van der Waals surface area (Å²) in [4.78, 5) is 40.8. The molecule has 0 aromatic heterocycles. The maximum absolute atomic E-state index is 13.0. The second-order valence-electron chi connectivity index (χ2n) is 9.28. The summed E-state index contributed by atoms with van der Waals surface area (Å²) >= 11 is 0. The van der Waals surface area contributed by atoms with E-state index in [-0.39, 0.29) is 41.3 Å². The first-order valence-electron chi connectivity index (χ1n) is 11.9. The van der Waals surface area contributed by atoms with E-state index < -0.39 is 5.97 Å². The number of carbonyl (C=O) groups excluding carboxylic acids is 2. The van der Waals surface area contributed by atoms with Gasteiger partial charge in [-0.25, -0.2) is 9.18 Å². The minimum absolute atomic E-state index is 0.00947. The molecule has 0 saturated carbocycles. The number of nitrogens with one attached hydrogen (secondary N) is 2. The monoisotopic (exact) mass is 482 g/mol. The molecular weight excluding hydrogens is 451 g/mol. The standard InChI is InChI=1S/C26H31FN4O4/c1-30-21(10-11-23(32)28-14-17-4-8-20(27)9-5-17)15-29-25(33)24-22(30)12-13-31(24)16-18-2-6-19(7-3-18)26(34)35/h2-9,21-22,24H,10-16H2,1H3,(H,28,32)(H,29,33)(H,34,35). The second kappa shape index (κ2) is 11.0. The molecule has 2 saturated heterocycles. The molecule has 35 heavy (non-hydrogen) atoms. The zero-order valence-corrected chi connectivity index (χ0v) is 19.7. The number of rotatable bonds is 8. The van der Waals surface area contributed by atoms with Crippen molar-refractivity contribution in [2.24, 2.45) is 0 Å². The Hall–Kier alpha value is -3.30. The SMILES string of the molecule is CN1C(CCC(=O)NCc2ccc(F)cc2)CNC(=O)C2C1CCN2Cc1ccc(C(=O)O)cc1. The summed E-state index contributed by atoms with van der Waals surface area (Å²) in [7, 11) is 2.02. The normalized spacial score (nSPS) is 22.8. The highest BCUT2D eigenvalue weighted by molar-refractivity contribution is 5.87. The number of aromatic carboxylic acids is 1. The van der Waals surface area contributed by atoms with E-state index in [0.717, 1.165) is 24.1 Å². The number of fused-ring (bicyclic) bond motifs is 1. The van der Waals surface area contributed by atoms with Gasteiger partial charge in [0, 0.05) is 44.7 Å². The Morgan fingerprint density at radius 1 is 1.11 bits per heavy atom. The lowest BCUT2D eigenvalue weighted by atomic mass is 10.0. The molecule has 0 radical (unpaired) electrons. The Labute approximate surface area is 204 Å². The number of hydrogen-bond donors (Lipinski definition) is 3. The molecule has 2 aliphatic heterocycles. The predicted octanol–water partition coefficient (Wildman–Crippen LogP) is 1.99. The van der Waals surface area contributed by atoms with Crippen LogP contribution in [0.4, 0.5) is 4.39 Å². The molecular formula is C26H31FN4O4. The van der Waals surface area contributed by atoms with Crippen LogP contribution in [0.2, 0.25) is 0 Å². The minimum Gasteiger partial charge on any atom is -0.478 e. The summed E-state index contributed by atoms with van der Waals surface area (Å²) < 4.78 is 13.0. The first kappa shape index (κ1) is 24.8. The fourth-order valence-corrected chi connectivity index (χ4v) is 5.00. The van der Waals surface area contributed by atoms with Crippen LogP contribution in [-0.2, 0) is 22.7 Å². The Bertz CT molecular complexity index is 1060. The quantitative estimate of drug-likeness (QED) is 0.532.